The molecule has 154 valence electrons. The first kappa shape index (κ1) is 20.7. The van der Waals surface area contributed by atoms with Gasteiger partial charge in [0.25, 0.3) is 0 Å². The second kappa shape index (κ2) is 10.5. The van der Waals surface area contributed by atoms with Crippen molar-refractivity contribution in [1.29, 1.82) is 0 Å². The van der Waals surface area contributed by atoms with Crippen LogP contribution >= 0.6 is 0 Å². The fraction of sp³-hybridized carbons (Fsp3) is 0.364. The molecule has 0 saturated carbocycles. The van der Waals surface area contributed by atoms with Crippen molar-refractivity contribution in [1.82, 2.24) is 15.5 Å². The third-order valence-electron chi connectivity index (χ3n) is 5.00. The number of carbonyl (C=O) groups excluding carboxylic acids is 2. The molecular formula is C22H28N4O3. The van der Waals surface area contributed by atoms with Gasteiger partial charge in [0.2, 0.25) is 0 Å². The number of methoxy groups -OCH3 is 1. The molecule has 1 aliphatic rings. The number of nitrogens with zero attached hydrogens (tertiary/aromatic N) is 2. The Bertz CT molecular complexity index is 805. The van der Waals surface area contributed by atoms with Crippen LogP contribution in [0.2, 0.25) is 0 Å². The zero-order valence-electron chi connectivity index (χ0n) is 16.8. The first-order valence-electron chi connectivity index (χ1n) is 9.87. The highest BCUT2D eigenvalue weighted by Gasteiger charge is 2.18. The van der Waals surface area contributed by atoms with Crippen molar-refractivity contribution in [2.45, 2.75) is 6.54 Å². The second-order valence-electron chi connectivity index (χ2n) is 6.95. The number of ether oxygens (including phenoxy) is 1. The molecule has 0 radical (unpaired) electrons. The van der Waals surface area contributed by atoms with E-state index in [1.807, 2.05) is 30.3 Å². The van der Waals surface area contributed by atoms with Crippen molar-refractivity contribution in [3.8, 4) is 5.75 Å². The molecule has 2 N–H and O–H groups in total. The fourth-order valence-electron chi connectivity index (χ4n) is 3.32. The highest BCUT2D eigenvalue weighted by atomic mass is 16.5. The van der Waals surface area contributed by atoms with Gasteiger partial charge >= 0.3 is 11.8 Å². The molecule has 2 aromatic carbocycles. The predicted molar refractivity (Wildman–Crippen MR) is 113 cm³/mol. The molecule has 0 unspecified atom stereocenters. The van der Waals surface area contributed by atoms with Crippen molar-refractivity contribution in [2.24, 2.45) is 0 Å². The zero-order chi connectivity index (χ0) is 20.5. The Morgan fingerprint density at radius 3 is 2.38 bits per heavy atom. The van der Waals surface area contributed by atoms with Crippen molar-refractivity contribution < 1.29 is 14.3 Å². The van der Waals surface area contributed by atoms with E-state index in [0.717, 1.165) is 38.3 Å². The molecule has 1 heterocycles. The number of benzene rings is 2. The van der Waals surface area contributed by atoms with Gasteiger partial charge in [-0.15, -0.1) is 0 Å². The van der Waals surface area contributed by atoms with Crippen molar-refractivity contribution in [2.75, 3.05) is 51.3 Å². The van der Waals surface area contributed by atoms with E-state index in [9.17, 15) is 9.59 Å². The van der Waals surface area contributed by atoms with Gasteiger partial charge in [-0.3, -0.25) is 14.5 Å². The Morgan fingerprint density at radius 2 is 1.66 bits per heavy atom. The number of amides is 2. The van der Waals surface area contributed by atoms with E-state index in [0.29, 0.717) is 12.3 Å². The topological polar surface area (TPSA) is 73.9 Å². The molecular weight excluding hydrogens is 368 g/mol. The van der Waals surface area contributed by atoms with E-state index >= 15 is 0 Å². The van der Waals surface area contributed by atoms with Crippen LogP contribution in [0.4, 0.5) is 5.69 Å². The molecule has 0 bridgehead atoms. The van der Waals surface area contributed by atoms with Crippen LogP contribution in [-0.4, -0.2) is 63.1 Å². The molecule has 7 heteroatoms. The van der Waals surface area contributed by atoms with Crippen LogP contribution in [0.5, 0.6) is 5.75 Å². The lowest BCUT2D eigenvalue weighted by Gasteiger charge is -2.36. The number of hydrogen-bond acceptors (Lipinski definition) is 5. The summed E-state index contributed by atoms with van der Waals surface area (Å²) < 4.78 is 5.15. The van der Waals surface area contributed by atoms with Crippen molar-refractivity contribution in [3.63, 3.8) is 0 Å². The zero-order valence-corrected chi connectivity index (χ0v) is 16.8. The van der Waals surface area contributed by atoms with Gasteiger partial charge in [0.05, 0.1) is 7.11 Å². The fourth-order valence-corrected chi connectivity index (χ4v) is 3.32. The Kier molecular flexibility index (Phi) is 7.47. The number of anilines is 1. The van der Waals surface area contributed by atoms with E-state index in [2.05, 4.69) is 44.7 Å². The normalized spacial score (nSPS) is 14.3. The summed E-state index contributed by atoms with van der Waals surface area (Å²) in [5.74, 6) is -0.508. The average Bonchev–Trinajstić information content (AvgIpc) is 2.78. The number of para-hydroxylation sites is 1. The Morgan fingerprint density at radius 1 is 0.931 bits per heavy atom. The largest absolute Gasteiger partial charge is 0.497 e. The third kappa shape index (κ3) is 6.22. The minimum atomic E-state index is -0.623. The maximum absolute atomic E-state index is 12.0. The van der Waals surface area contributed by atoms with Crippen molar-refractivity contribution >= 4 is 17.5 Å². The van der Waals surface area contributed by atoms with Gasteiger partial charge in [-0.2, -0.15) is 0 Å². The molecule has 1 aliphatic heterocycles. The first-order valence-corrected chi connectivity index (χ1v) is 9.87. The summed E-state index contributed by atoms with van der Waals surface area (Å²) in [4.78, 5) is 28.6. The number of piperazine rings is 1. The molecule has 3 rings (SSSR count). The lowest BCUT2D eigenvalue weighted by Crippen LogP contribution is -2.49. The average molecular weight is 396 g/mol. The van der Waals surface area contributed by atoms with E-state index in [1.54, 1.807) is 7.11 Å². The number of rotatable bonds is 7. The number of nitrogens with one attached hydrogen (secondary N) is 2. The highest BCUT2D eigenvalue weighted by Crippen LogP contribution is 2.15. The Labute approximate surface area is 171 Å². The highest BCUT2D eigenvalue weighted by molar-refractivity contribution is 6.35. The van der Waals surface area contributed by atoms with Crippen LogP contribution in [-0.2, 0) is 16.1 Å². The van der Waals surface area contributed by atoms with Crippen LogP contribution in [0.15, 0.2) is 54.6 Å². The summed E-state index contributed by atoms with van der Waals surface area (Å²) in [5.41, 5.74) is 2.12. The first-order chi connectivity index (χ1) is 14.2. The third-order valence-corrected chi connectivity index (χ3v) is 5.00. The molecule has 7 nitrogen and oxygen atoms in total. The Balaban J connectivity index is 1.33. The lowest BCUT2D eigenvalue weighted by atomic mass is 10.2. The predicted octanol–water partition coefficient (Wildman–Crippen LogP) is 1.25. The Hall–Kier alpha value is -3.06. The summed E-state index contributed by atoms with van der Waals surface area (Å²) in [6.07, 6.45) is 0. The summed E-state index contributed by atoms with van der Waals surface area (Å²) in [6.45, 7) is 5.26. The molecule has 0 aliphatic carbocycles. The van der Waals surface area contributed by atoms with Crippen LogP contribution in [0.1, 0.15) is 5.56 Å². The quantitative estimate of drug-likeness (QED) is 0.689. The molecule has 0 atom stereocenters. The van der Waals surface area contributed by atoms with Crippen LogP contribution in [0.3, 0.4) is 0 Å². The molecule has 0 spiro atoms. The SMILES string of the molecule is COc1cccc(CNC(=O)C(=O)NCCN2CCN(c3ccccc3)CC2)c1. The number of carbonyl (C=O) groups is 2. The van der Waals surface area contributed by atoms with Gasteiger partial charge in [-0.1, -0.05) is 30.3 Å². The standard InChI is InChI=1S/C22H28N4O3/c1-29-20-9-5-6-18(16-20)17-24-22(28)21(27)23-10-11-25-12-14-26(15-13-25)19-7-3-2-4-8-19/h2-9,16H,10-15,17H2,1H3,(H,23,27)(H,24,28). The smallest absolute Gasteiger partial charge is 0.309 e. The number of hydrogen-bond donors (Lipinski definition) is 2. The summed E-state index contributed by atoms with van der Waals surface area (Å²) in [7, 11) is 1.59. The van der Waals surface area contributed by atoms with E-state index < -0.39 is 11.8 Å². The minimum absolute atomic E-state index is 0.283. The van der Waals surface area contributed by atoms with Gasteiger partial charge in [0, 0.05) is 51.5 Å². The van der Waals surface area contributed by atoms with Crippen LogP contribution in [0, 0.1) is 0 Å². The van der Waals surface area contributed by atoms with Crippen LogP contribution in [0.25, 0.3) is 0 Å². The molecule has 2 aromatic rings. The van der Waals surface area contributed by atoms with E-state index in [1.165, 1.54) is 5.69 Å². The van der Waals surface area contributed by atoms with Gasteiger partial charge < -0.3 is 20.3 Å². The minimum Gasteiger partial charge on any atom is -0.497 e. The maximum atomic E-state index is 12.0. The summed E-state index contributed by atoms with van der Waals surface area (Å²) in [5, 5.41) is 5.34. The van der Waals surface area contributed by atoms with Crippen LogP contribution < -0.4 is 20.3 Å². The maximum Gasteiger partial charge on any atom is 0.309 e. The monoisotopic (exact) mass is 396 g/mol. The van der Waals surface area contributed by atoms with Gasteiger partial charge in [-0.25, -0.2) is 0 Å². The summed E-state index contributed by atoms with van der Waals surface area (Å²) in [6, 6.07) is 17.8. The van der Waals surface area contributed by atoms with E-state index in [4.69, 9.17) is 4.74 Å². The lowest BCUT2D eigenvalue weighted by molar-refractivity contribution is -0.139. The molecule has 1 saturated heterocycles. The summed E-state index contributed by atoms with van der Waals surface area (Å²) >= 11 is 0. The second-order valence-corrected chi connectivity index (χ2v) is 6.95. The van der Waals surface area contributed by atoms with E-state index in [-0.39, 0.29) is 6.54 Å². The van der Waals surface area contributed by atoms with Gasteiger partial charge in [0.15, 0.2) is 0 Å². The van der Waals surface area contributed by atoms with Gasteiger partial charge in [0.1, 0.15) is 5.75 Å². The molecule has 29 heavy (non-hydrogen) atoms. The van der Waals surface area contributed by atoms with Crippen molar-refractivity contribution in [3.05, 3.63) is 60.2 Å². The molecule has 1 fully saturated rings. The molecule has 0 aromatic heterocycles. The molecule has 2 amide bonds. The van der Waals surface area contributed by atoms with Gasteiger partial charge in [-0.05, 0) is 29.8 Å².